The number of unbranched alkanes of at least 4 members (excludes halogenated alkanes) is 3. The Morgan fingerprint density at radius 2 is 1.75 bits per heavy atom. The van der Waals surface area contributed by atoms with Crippen molar-refractivity contribution in [2.75, 3.05) is 13.2 Å². The molecule has 0 aromatic heterocycles. The molecule has 1 aromatic carbocycles. The van der Waals surface area contributed by atoms with E-state index in [1.165, 1.54) is 31.2 Å². The largest absolute Gasteiger partial charge is 0.396 e. The average Bonchev–Trinajstić information content (AvgIpc) is 2.61. The number of hydrogen-bond donors (Lipinski definition) is 4. The highest BCUT2D eigenvalue weighted by molar-refractivity contribution is 5.26. The Morgan fingerprint density at radius 1 is 1.04 bits per heavy atom. The molecule has 1 heterocycles. The lowest BCUT2D eigenvalue weighted by molar-refractivity contribution is -0.170. The van der Waals surface area contributed by atoms with Gasteiger partial charge in [-0.2, -0.15) is 0 Å². The van der Waals surface area contributed by atoms with Gasteiger partial charge in [-0.3, -0.25) is 0 Å². The number of ether oxygens (including phenoxy) is 1. The maximum absolute atomic E-state index is 10.3. The molecular formula is C19H31NO4. The molecule has 1 aliphatic rings. The molecule has 0 bridgehead atoms. The number of rotatable bonds is 8. The molecule has 0 saturated carbocycles. The summed E-state index contributed by atoms with van der Waals surface area (Å²) in [7, 11) is 0. The minimum absolute atomic E-state index is 0.212. The van der Waals surface area contributed by atoms with E-state index in [9.17, 15) is 15.3 Å². The van der Waals surface area contributed by atoms with E-state index in [2.05, 4.69) is 19.1 Å². The van der Waals surface area contributed by atoms with Crippen molar-refractivity contribution in [3.8, 4) is 0 Å². The molecule has 2 rings (SSSR count). The second-order valence-electron chi connectivity index (χ2n) is 6.74. The topological polar surface area (TPSA) is 95.9 Å². The summed E-state index contributed by atoms with van der Waals surface area (Å²) in [5, 5.41) is 29.4. The molecule has 0 radical (unpaired) electrons. The Kier molecular flexibility index (Phi) is 7.65. The molecule has 0 unspecified atom stereocenters. The molecule has 0 spiro atoms. The summed E-state index contributed by atoms with van der Waals surface area (Å²) >= 11 is 0. The highest BCUT2D eigenvalue weighted by atomic mass is 16.5. The van der Waals surface area contributed by atoms with E-state index >= 15 is 0 Å². The van der Waals surface area contributed by atoms with E-state index in [-0.39, 0.29) is 13.2 Å². The smallest absolute Gasteiger partial charge is 0.0990 e. The SMILES string of the molecule is CCCCCCc1ccc([C@@H]2O[C@H](CO)[C@H](N)[C@H](O)[C@@H]2CO)cc1. The van der Waals surface area contributed by atoms with E-state index in [1.54, 1.807) is 0 Å². The van der Waals surface area contributed by atoms with Crippen LogP contribution in [0.25, 0.3) is 0 Å². The van der Waals surface area contributed by atoms with Gasteiger partial charge in [-0.1, -0.05) is 50.5 Å². The van der Waals surface area contributed by atoms with Crippen molar-refractivity contribution in [3.05, 3.63) is 35.4 Å². The number of benzene rings is 1. The first-order valence-electron chi connectivity index (χ1n) is 9.02. The van der Waals surface area contributed by atoms with Crippen LogP contribution in [-0.2, 0) is 11.2 Å². The van der Waals surface area contributed by atoms with Crippen molar-refractivity contribution in [2.45, 2.75) is 63.4 Å². The molecule has 0 aliphatic carbocycles. The zero-order chi connectivity index (χ0) is 17.5. The summed E-state index contributed by atoms with van der Waals surface area (Å²) < 4.78 is 5.87. The summed E-state index contributed by atoms with van der Waals surface area (Å²) in [6, 6.07) is 7.43. The van der Waals surface area contributed by atoms with Crippen LogP contribution in [-0.4, -0.2) is 46.8 Å². The van der Waals surface area contributed by atoms with Gasteiger partial charge in [0.25, 0.3) is 0 Å². The van der Waals surface area contributed by atoms with Crippen LogP contribution in [0.4, 0.5) is 0 Å². The van der Waals surface area contributed by atoms with Gasteiger partial charge >= 0.3 is 0 Å². The predicted octanol–water partition coefficient (Wildman–Crippen LogP) is 1.54. The lowest BCUT2D eigenvalue weighted by Gasteiger charge is -2.42. The molecule has 1 aromatic rings. The van der Waals surface area contributed by atoms with Crippen LogP contribution in [0.1, 0.15) is 49.8 Å². The summed E-state index contributed by atoms with van der Waals surface area (Å²) in [6.45, 7) is 1.75. The first-order valence-corrected chi connectivity index (χ1v) is 9.02. The minimum atomic E-state index is -0.903. The van der Waals surface area contributed by atoms with Gasteiger partial charge in [0, 0.05) is 5.92 Å². The van der Waals surface area contributed by atoms with E-state index in [1.807, 2.05) is 12.1 Å². The number of nitrogens with two attached hydrogens (primary N) is 1. The summed E-state index contributed by atoms with van der Waals surface area (Å²) in [5.41, 5.74) is 8.08. The van der Waals surface area contributed by atoms with Crippen LogP contribution in [0.15, 0.2) is 24.3 Å². The fourth-order valence-corrected chi connectivity index (χ4v) is 3.39. The third-order valence-electron chi connectivity index (χ3n) is 4.99. The standard InChI is InChI=1S/C19H31NO4/c1-2-3-4-5-6-13-7-9-14(10-8-13)19-15(11-21)18(23)17(20)16(12-22)24-19/h7-10,15-19,21-23H,2-6,11-12,20H2,1H3/t15-,16+,17-,18+,19-/m0/s1. The first-order chi connectivity index (χ1) is 11.6. The van der Waals surface area contributed by atoms with E-state index < -0.39 is 30.3 Å². The second-order valence-corrected chi connectivity index (χ2v) is 6.74. The zero-order valence-corrected chi connectivity index (χ0v) is 14.5. The maximum atomic E-state index is 10.3. The minimum Gasteiger partial charge on any atom is -0.396 e. The van der Waals surface area contributed by atoms with Crippen molar-refractivity contribution >= 4 is 0 Å². The monoisotopic (exact) mass is 337 g/mol. The Hall–Kier alpha value is -0.980. The molecule has 136 valence electrons. The van der Waals surface area contributed by atoms with Gasteiger partial charge < -0.3 is 25.8 Å². The average molecular weight is 337 g/mol. The van der Waals surface area contributed by atoms with Gasteiger partial charge in [0.2, 0.25) is 0 Å². The van der Waals surface area contributed by atoms with E-state index in [0.717, 1.165) is 12.0 Å². The van der Waals surface area contributed by atoms with E-state index in [4.69, 9.17) is 10.5 Å². The molecule has 24 heavy (non-hydrogen) atoms. The van der Waals surface area contributed by atoms with E-state index in [0.29, 0.717) is 0 Å². The molecule has 1 aliphatic heterocycles. The number of aryl methyl sites for hydroxylation is 1. The van der Waals surface area contributed by atoms with Crippen molar-refractivity contribution in [3.63, 3.8) is 0 Å². The highest BCUT2D eigenvalue weighted by Gasteiger charge is 2.43. The fourth-order valence-electron chi connectivity index (χ4n) is 3.39. The summed E-state index contributed by atoms with van der Waals surface area (Å²) in [5.74, 6) is -0.488. The lowest BCUT2D eigenvalue weighted by atomic mass is 9.83. The lowest BCUT2D eigenvalue weighted by Crippen LogP contribution is -2.57. The predicted molar refractivity (Wildman–Crippen MR) is 93.5 cm³/mol. The fraction of sp³-hybridized carbons (Fsp3) is 0.684. The Bertz CT molecular complexity index is 479. The third-order valence-corrected chi connectivity index (χ3v) is 4.99. The molecule has 5 nitrogen and oxygen atoms in total. The maximum Gasteiger partial charge on any atom is 0.0990 e. The molecule has 5 N–H and O–H groups in total. The molecule has 5 atom stereocenters. The Morgan fingerprint density at radius 3 is 2.33 bits per heavy atom. The van der Waals surface area contributed by atoms with Crippen LogP contribution >= 0.6 is 0 Å². The first kappa shape index (κ1) is 19.3. The molecule has 0 amide bonds. The second kappa shape index (κ2) is 9.49. The van der Waals surface area contributed by atoms with Crippen LogP contribution in [0.2, 0.25) is 0 Å². The van der Waals surface area contributed by atoms with Crippen molar-refractivity contribution in [1.29, 1.82) is 0 Å². The van der Waals surface area contributed by atoms with Gasteiger partial charge in [-0.15, -0.1) is 0 Å². The van der Waals surface area contributed by atoms with Crippen LogP contribution in [0.3, 0.4) is 0 Å². The molecule has 1 saturated heterocycles. The van der Waals surface area contributed by atoms with Gasteiger partial charge in [-0.25, -0.2) is 0 Å². The van der Waals surface area contributed by atoms with Gasteiger partial charge in [0.1, 0.15) is 0 Å². The van der Waals surface area contributed by atoms with Gasteiger partial charge in [0.05, 0.1) is 37.6 Å². The van der Waals surface area contributed by atoms with Crippen LogP contribution in [0, 0.1) is 5.92 Å². The van der Waals surface area contributed by atoms with Crippen LogP contribution < -0.4 is 5.73 Å². The summed E-state index contributed by atoms with van der Waals surface area (Å²) in [6.07, 6.45) is 4.01. The quantitative estimate of drug-likeness (QED) is 0.540. The Balaban J connectivity index is 2.05. The molecular weight excluding hydrogens is 306 g/mol. The number of hydrogen-bond acceptors (Lipinski definition) is 5. The van der Waals surface area contributed by atoms with Gasteiger partial charge in [0.15, 0.2) is 0 Å². The van der Waals surface area contributed by atoms with Crippen molar-refractivity contribution in [1.82, 2.24) is 0 Å². The van der Waals surface area contributed by atoms with Crippen molar-refractivity contribution < 1.29 is 20.1 Å². The number of aliphatic hydroxyl groups excluding tert-OH is 3. The molecule has 5 heteroatoms. The summed E-state index contributed by atoms with van der Waals surface area (Å²) in [4.78, 5) is 0. The Labute approximate surface area is 144 Å². The zero-order valence-electron chi connectivity index (χ0n) is 14.5. The number of aliphatic hydroxyl groups is 3. The third kappa shape index (κ3) is 4.55. The molecule has 1 fully saturated rings. The van der Waals surface area contributed by atoms with Gasteiger partial charge in [-0.05, 0) is 24.0 Å². The normalized spacial score (nSPS) is 30.5. The van der Waals surface area contributed by atoms with Crippen molar-refractivity contribution in [2.24, 2.45) is 11.7 Å². The highest BCUT2D eigenvalue weighted by Crippen LogP contribution is 2.36. The van der Waals surface area contributed by atoms with Crippen LogP contribution in [0.5, 0.6) is 0 Å².